The molecule has 0 spiro atoms. The van der Waals surface area contributed by atoms with E-state index in [1.54, 1.807) is 44.2 Å². The van der Waals surface area contributed by atoms with Gasteiger partial charge in [0.1, 0.15) is 0 Å². The second-order valence-electron chi connectivity index (χ2n) is 9.09. The summed E-state index contributed by atoms with van der Waals surface area (Å²) in [5.74, 6) is -0.215. The molecule has 1 aliphatic rings. The molecule has 174 valence electrons. The smallest absolute Gasteiger partial charge is 0.244 e. The molecule has 5 nitrogen and oxygen atoms in total. The first kappa shape index (κ1) is 24.0. The lowest BCUT2D eigenvalue weighted by molar-refractivity contribution is -0.134. The lowest BCUT2D eigenvalue weighted by Gasteiger charge is -2.40. The normalized spacial score (nSPS) is 16.6. The molecule has 1 atom stereocenters. The molecule has 0 saturated carbocycles. The minimum absolute atomic E-state index is 0.119. The fourth-order valence-electron chi connectivity index (χ4n) is 4.21. The SMILES string of the molecule is CC(C)(C)N(CC(=O)N1CCc2sccc2C1c1ccccc1)S(=O)(=O)c1ccc(Cl)cc1. The Morgan fingerprint density at radius 1 is 1.09 bits per heavy atom. The van der Waals surface area contributed by atoms with Crippen LogP contribution in [0.15, 0.2) is 70.9 Å². The zero-order chi connectivity index (χ0) is 23.8. The number of carbonyl (C=O) groups is 1. The molecule has 33 heavy (non-hydrogen) atoms. The van der Waals surface area contributed by atoms with Crippen molar-refractivity contribution in [3.63, 3.8) is 0 Å². The van der Waals surface area contributed by atoms with Gasteiger partial charge >= 0.3 is 0 Å². The Hall–Kier alpha value is -2.19. The lowest BCUT2D eigenvalue weighted by atomic mass is 9.93. The third kappa shape index (κ3) is 4.87. The molecule has 1 amide bonds. The van der Waals surface area contributed by atoms with Crippen molar-refractivity contribution >= 4 is 38.9 Å². The van der Waals surface area contributed by atoms with Gasteiger partial charge in [-0.2, -0.15) is 4.31 Å². The van der Waals surface area contributed by atoms with Gasteiger partial charge in [-0.25, -0.2) is 8.42 Å². The van der Waals surface area contributed by atoms with Crippen molar-refractivity contribution < 1.29 is 13.2 Å². The summed E-state index contributed by atoms with van der Waals surface area (Å²) in [5, 5.41) is 2.51. The Kier molecular flexibility index (Phi) is 6.69. The summed E-state index contributed by atoms with van der Waals surface area (Å²) in [6.45, 7) is 5.71. The fourth-order valence-corrected chi connectivity index (χ4v) is 6.98. The number of carbonyl (C=O) groups excluding carboxylic acids is 1. The van der Waals surface area contributed by atoms with Crippen LogP contribution in [-0.2, 0) is 21.2 Å². The molecule has 8 heteroatoms. The summed E-state index contributed by atoms with van der Waals surface area (Å²) < 4.78 is 28.4. The summed E-state index contributed by atoms with van der Waals surface area (Å²) in [5.41, 5.74) is 1.35. The molecule has 0 aliphatic carbocycles. The maximum atomic E-state index is 13.7. The van der Waals surface area contributed by atoms with E-state index >= 15 is 0 Å². The average Bonchev–Trinajstić information content (AvgIpc) is 3.25. The minimum Gasteiger partial charge on any atom is -0.330 e. The predicted molar refractivity (Wildman–Crippen MR) is 133 cm³/mol. The van der Waals surface area contributed by atoms with Crippen LogP contribution in [0.4, 0.5) is 0 Å². The second kappa shape index (κ2) is 9.22. The maximum Gasteiger partial charge on any atom is 0.244 e. The Morgan fingerprint density at radius 3 is 2.39 bits per heavy atom. The molecular formula is C25H27ClN2O3S2. The van der Waals surface area contributed by atoms with Crippen LogP contribution in [0.3, 0.4) is 0 Å². The Bertz CT molecular complexity index is 1230. The Balaban J connectivity index is 1.69. The molecule has 0 N–H and O–H groups in total. The fraction of sp³-hybridized carbons (Fsp3) is 0.320. The van der Waals surface area contributed by atoms with E-state index in [1.165, 1.54) is 21.3 Å². The summed E-state index contributed by atoms with van der Waals surface area (Å²) in [4.78, 5) is 16.9. The van der Waals surface area contributed by atoms with Gasteiger partial charge in [0.25, 0.3) is 0 Å². The van der Waals surface area contributed by atoms with Gasteiger partial charge in [-0.15, -0.1) is 11.3 Å². The van der Waals surface area contributed by atoms with Gasteiger partial charge in [0.2, 0.25) is 15.9 Å². The molecule has 0 radical (unpaired) electrons. The van der Waals surface area contributed by atoms with Crippen LogP contribution in [0, 0.1) is 0 Å². The number of sulfonamides is 1. The summed E-state index contributed by atoms with van der Waals surface area (Å²) in [7, 11) is -3.91. The molecule has 0 saturated heterocycles. The molecule has 2 aromatic carbocycles. The van der Waals surface area contributed by atoms with E-state index in [2.05, 4.69) is 11.4 Å². The van der Waals surface area contributed by atoms with E-state index in [9.17, 15) is 13.2 Å². The highest BCUT2D eigenvalue weighted by Gasteiger charge is 2.39. The van der Waals surface area contributed by atoms with Crippen molar-refractivity contribution in [1.29, 1.82) is 0 Å². The zero-order valence-electron chi connectivity index (χ0n) is 18.9. The van der Waals surface area contributed by atoms with Gasteiger partial charge < -0.3 is 4.90 Å². The van der Waals surface area contributed by atoms with Crippen LogP contribution in [-0.4, -0.2) is 42.2 Å². The number of amides is 1. The van der Waals surface area contributed by atoms with Gasteiger partial charge in [-0.05, 0) is 74.0 Å². The molecule has 1 aliphatic heterocycles. The van der Waals surface area contributed by atoms with Crippen molar-refractivity contribution in [2.24, 2.45) is 0 Å². The summed E-state index contributed by atoms with van der Waals surface area (Å²) >= 11 is 7.66. The molecule has 2 heterocycles. The lowest BCUT2D eigenvalue weighted by Crippen LogP contribution is -2.52. The first-order valence-corrected chi connectivity index (χ1v) is 13.5. The summed E-state index contributed by atoms with van der Waals surface area (Å²) in [6.07, 6.45) is 0.765. The summed E-state index contributed by atoms with van der Waals surface area (Å²) in [6, 6.07) is 17.8. The standard InChI is InChI=1S/C25H27ClN2O3S2/c1-25(2,3)28(33(30,31)20-11-9-19(26)10-12-20)17-23(29)27-15-13-22-21(14-16-32-22)24(27)18-7-5-4-6-8-18/h4-12,14,16,24H,13,15,17H2,1-3H3. The van der Waals surface area contributed by atoms with E-state index in [4.69, 9.17) is 11.6 Å². The maximum absolute atomic E-state index is 13.7. The van der Waals surface area contributed by atoms with Crippen molar-refractivity contribution in [3.05, 3.63) is 87.1 Å². The highest BCUT2D eigenvalue weighted by molar-refractivity contribution is 7.89. The second-order valence-corrected chi connectivity index (χ2v) is 12.4. The van der Waals surface area contributed by atoms with E-state index in [1.807, 2.05) is 35.2 Å². The third-order valence-corrected chi connectivity index (χ3v) is 9.20. The monoisotopic (exact) mass is 502 g/mol. The van der Waals surface area contributed by atoms with Gasteiger partial charge in [0, 0.05) is 22.0 Å². The Labute approximate surface area is 204 Å². The molecular weight excluding hydrogens is 476 g/mol. The van der Waals surface area contributed by atoms with Crippen LogP contribution in [0.1, 0.15) is 42.8 Å². The molecule has 0 bridgehead atoms. The number of halogens is 1. The largest absolute Gasteiger partial charge is 0.330 e. The van der Waals surface area contributed by atoms with Gasteiger partial charge in [0.05, 0.1) is 17.5 Å². The molecule has 0 fully saturated rings. The van der Waals surface area contributed by atoms with Crippen LogP contribution in [0.25, 0.3) is 0 Å². The van der Waals surface area contributed by atoms with Crippen LogP contribution < -0.4 is 0 Å². The molecule has 1 aromatic heterocycles. The van der Waals surface area contributed by atoms with Crippen molar-refractivity contribution in [3.8, 4) is 0 Å². The van der Waals surface area contributed by atoms with Crippen molar-refractivity contribution in [2.75, 3.05) is 13.1 Å². The third-order valence-electron chi connectivity index (χ3n) is 5.83. The highest BCUT2D eigenvalue weighted by Crippen LogP contribution is 2.38. The number of benzene rings is 2. The average molecular weight is 503 g/mol. The van der Waals surface area contributed by atoms with E-state index in [0.29, 0.717) is 11.6 Å². The van der Waals surface area contributed by atoms with Gasteiger partial charge in [-0.3, -0.25) is 4.79 Å². The highest BCUT2D eigenvalue weighted by atomic mass is 35.5. The topological polar surface area (TPSA) is 57.7 Å². The van der Waals surface area contributed by atoms with Crippen molar-refractivity contribution in [1.82, 2.24) is 9.21 Å². The molecule has 3 aromatic rings. The van der Waals surface area contributed by atoms with Crippen LogP contribution in [0.2, 0.25) is 5.02 Å². The number of hydrogen-bond donors (Lipinski definition) is 0. The van der Waals surface area contributed by atoms with E-state index < -0.39 is 15.6 Å². The quantitative estimate of drug-likeness (QED) is 0.471. The number of thiophene rings is 1. The number of hydrogen-bond acceptors (Lipinski definition) is 4. The van der Waals surface area contributed by atoms with Gasteiger partial charge in [-0.1, -0.05) is 41.9 Å². The zero-order valence-corrected chi connectivity index (χ0v) is 21.3. The first-order valence-electron chi connectivity index (χ1n) is 10.8. The Morgan fingerprint density at radius 2 is 1.76 bits per heavy atom. The van der Waals surface area contributed by atoms with Gasteiger partial charge in [0.15, 0.2) is 0 Å². The minimum atomic E-state index is -3.91. The predicted octanol–water partition coefficient (Wildman–Crippen LogP) is 5.37. The number of fused-ring (bicyclic) bond motifs is 1. The number of nitrogens with zero attached hydrogens (tertiary/aromatic N) is 2. The first-order chi connectivity index (χ1) is 15.6. The molecule has 4 rings (SSSR count). The van der Waals surface area contributed by atoms with E-state index in [-0.39, 0.29) is 23.4 Å². The van der Waals surface area contributed by atoms with E-state index in [0.717, 1.165) is 17.5 Å². The number of rotatable bonds is 5. The van der Waals surface area contributed by atoms with Crippen LogP contribution >= 0.6 is 22.9 Å². The van der Waals surface area contributed by atoms with Crippen LogP contribution in [0.5, 0.6) is 0 Å². The van der Waals surface area contributed by atoms with Crippen molar-refractivity contribution in [2.45, 2.75) is 43.7 Å². The molecule has 1 unspecified atom stereocenters.